The van der Waals surface area contributed by atoms with Gasteiger partial charge in [-0.15, -0.1) is 9.42 Å². The first-order chi connectivity index (χ1) is 2.77. The van der Waals surface area contributed by atoms with Crippen LogP contribution in [-0.2, 0) is 9.09 Å². The Kier molecular flexibility index (Phi) is 11.6. The van der Waals surface area contributed by atoms with Gasteiger partial charge in [0.1, 0.15) is 6.61 Å². The van der Waals surface area contributed by atoms with Gasteiger partial charge in [0, 0.05) is 4.57 Å². The molecule has 7 heavy (non-hydrogen) atoms. The van der Waals surface area contributed by atoms with Gasteiger partial charge in [-0.1, -0.05) is 0 Å². The molecule has 1 unspecified atom stereocenters. The van der Waals surface area contributed by atoms with Crippen molar-refractivity contribution in [2.45, 2.75) is 6.92 Å². The van der Waals surface area contributed by atoms with Crippen molar-refractivity contribution in [3.8, 4) is 0 Å². The molecule has 0 heterocycles. The molecule has 5 heteroatoms. The van der Waals surface area contributed by atoms with E-state index < -0.39 is 8.25 Å². The molecule has 1 atom stereocenters. The van der Waals surface area contributed by atoms with Crippen molar-refractivity contribution in [2.75, 3.05) is 6.61 Å². The third kappa shape index (κ3) is 11.1. The molecule has 0 aliphatic rings. The fourth-order valence-electron chi connectivity index (χ4n) is 0.110. The summed E-state index contributed by atoms with van der Waals surface area (Å²) in [5.74, 6) is 0. The van der Waals surface area contributed by atoms with Gasteiger partial charge >= 0.3 is 46.0 Å². The van der Waals surface area contributed by atoms with Crippen LogP contribution in [0.1, 0.15) is 9.78 Å². The fourth-order valence-corrected chi connectivity index (χ4v) is 0.331. The van der Waals surface area contributed by atoms with Crippen LogP contribution in [0.3, 0.4) is 0 Å². The van der Waals surface area contributed by atoms with E-state index >= 15 is 0 Å². The van der Waals surface area contributed by atoms with Crippen LogP contribution < -0.4 is 0 Å². The molecule has 0 aromatic rings. The Balaban J connectivity index is -0.0000000417. The van der Waals surface area contributed by atoms with Gasteiger partial charge in [-0.05, 0) is 6.92 Å². The zero-order valence-electron chi connectivity index (χ0n) is 6.13. The van der Waals surface area contributed by atoms with Crippen LogP contribution in [0.15, 0.2) is 0 Å². The Hall–Kier alpha value is 1.28. The summed E-state index contributed by atoms with van der Waals surface area (Å²) >= 11 is 0. The summed E-state index contributed by atoms with van der Waals surface area (Å²) in [6, 6.07) is 0. The van der Waals surface area contributed by atoms with Crippen LogP contribution in [0.2, 0.25) is 0 Å². The van der Waals surface area contributed by atoms with Gasteiger partial charge in [0.2, 0.25) is 0 Å². The average Bonchev–Trinajstić information content (AvgIpc) is 1.35. The molecule has 0 fully saturated rings. The molecule has 0 radical (unpaired) electrons. The summed E-state index contributed by atoms with van der Waals surface area (Å²) in [4.78, 5) is 7.84. The first kappa shape index (κ1) is 11.1. The summed E-state index contributed by atoms with van der Waals surface area (Å²) in [7, 11) is -2.35. The van der Waals surface area contributed by atoms with Crippen LogP contribution in [-0.4, -0.2) is 49.2 Å². The topological polar surface area (TPSA) is 46.5 Å². The van der Waals surface area contributed by atoms with Crippen molar-refractivity contribution in [1.29, 1.82) is 0 Å². The van der Waals surface area contributed by atoms with Crippen molar-refractivity contribution < 1.29 is 16.8 Å². The van der Waals surface area contributed by atoms with Gasteiger partial charge in [-0.2, -0.15) is 0 Å². The third-order valence-corrected chi connectivity index (χ3v) is 0.719. The molecule has 0 aromatic heterocycles. The summed E-state index contributed by atoms with van der Waals surface area (Å²) < 4.78 is 13.6. The van der Waals surface area contributed by atoms with Gasteiger partial charge in [0.05, 0.1) is 0 Å². The van der Waals surface area contributed by atoms with Crippen LogP contribution in [0, 0.1) is 0 Å². The molecule has 0 rings (SSSR count). The molecular weight excluding hydrogens is 143 g/mol. The summed E-state index contributed by atoms with van der Waals surface area (Å²) in [5, 5.41) is 0. The second-order valence-electron chi connectivity index (χ2n) is 0.656. The molecule has 40 valence electrons. The van der Waals surface area contributed by atoms with E-state index in [1.165, 1.54) is 0 Å². The minimum atomic E-state index is -2.35. The minimum absolute atomic E-state index is 0. The molecule has 0 aromatic carbocycles. The van der Waals surface area contributed by atoms with Gasteiger partial charge < -0.3 is 2.85 Å². The van der Waals surface area contributed by atoms with Crippen molar-refractivity contribution >= 4 is 46.0 Å². The zero-order valence-corrected chi connectivity index (χ0v) is 7.23. The van der Waals surface area contributed by atoms with Gasteiger partial charge in [-0.3, -0.25) is 0 Å². The number of hydrogen-bond donors (Lipinski definition) is 1. The molecule has 0 saturated carbocycles. The van der Waals surface area contributed by atoms with E-state index in [2.05, 4.69) is 4.52 Å². The van der Waals surface area contributed by atoms with E-state index in [4.69, 9.17) is 4.89 Å². The molecule has 0 spiro atoms. The molecule has 0 aliphatic heterocycles. The van der Waals surface area contributed by atoms with Gasteiger partial charge in [0.15, 0.2) is 0 Å². The van der Waals surface area contributed by atoms with E-state index in [1.807, 2.05) is 0 Å². The molecule has 0 bridgehead atoms. The Morgan fingerprint density at radius 2 is 2.43 bits per heavy atom. The second-order valence-corrected chi connectivity index (χ2v) is 1.39. The third-order valence-electron chi connectivity index (χ3n) is 0.240. The van der Waals surface area contributed by atoms with Crippen LogP contribution in [0.25, 0.3) is 0 Å². The standard InChI is InChI=1S/C2H5O3P.Ca.2H/c1-2-5-6(3)4;;;/h2H2,1H3;;;/q;+2;2*-1/p+1. The Labute approximate surface area is 76.0 Å². The van der Waals surface area contributed by atoms with Crippen LogP contribution in [0.4, 0.5) is 0 Å². The van der Waals surface area contributed by atoms with E-state index in [0.717, 1.165) is 0 Å². The number of hydrogen-bond acceptors (Lipinski definition) is 2. The second kappa shape index (κ2) is 7.28. The quantitative estimate of drug-likeness (QED) is 0.462. The summed E-state index contributed by atoms with van der Waals surface area (Å²) in [5.41, 5.74) is 0. The monoisotopic (exact) mass is 151 g/mol. The molecular formula is C2H8CaO3P+. The Bertz CT molecular complexity index is 63.8. The van der Waals surface area contributed by atoms with E-state index in [-0.39, 0.29) is 40.6 Å². The van der Waals surface area contributed by atoms with Crippen LogP contribution >= 0.6 is 8.25 Å². The SMILES string of the molecule is CCO[P+](=O)O.[Ca+2].[H-].[H-]. The van der Waals surface area contributed by atoms with E-state index in [1.54, 1.807) is 6.92 Å². The zero-order chi connectivity index (χ0) is 4.99. The van der Waals surface area contributed by atoms with Crippen molar-refractivity contribution in [2.24, 2.45) is 0 Å². The normalized spacial score (nSPS) is 9.71. The molecule has 3 nitrogen and oxygen atoms in total. The van der Waals surface area contributed by atoms with Crippen LogP contribution in [0.5, 0.6) is 0 Å². The predicted molar refractivity (Wildman–Crippen MR) is 29.4 cm³/mol. The molecule has 0 saturated heterocycles. The van der Waals surface area contributed by atoms with Crippen molar-refractivity contribution in [1.82, 2.24) is 0 Å². The van der Waals surface area contributed by atoms with Gasteiger partial charge in [-0.25, -0.2) is 0 Å². The Morgan fingerprint density at radius 3 is 2.43 bits per heavy atom. The fraction of sp³-hybridized carbons (Fsp3) is 1.00. The molecule has 1 N–H and O–H groups in total. The first-order valence-electron chi connectivity index (χ1n) is 1.56. The summed E-state index contributed by atoms with van der Waals surface area (Å²) in [6.07, 6.45) is 0. The average molecular weight is 151 g/mol. The number of rotatable bonds is 2. The van der Waals surface area contributed by atoms with Crippen molar-refractivity contribution in [3.05, 3.63) is 0 Å². The van der Waals surface area contributed by atoms with Gasteiger partial charge in [0.25, 0.3) is 0 Å². The molecule has 0 aliphatic carbocycles. The first-order valence-corrected chi connectivity index (χ1v) is 2.69. The van der Waals surface area contributed by atoms with Crippen molar-refractivity contribution in [3.63, 3.8) is 0 Å². The largest absolute Gasteiger partial charge is 2.00 e. The van der Waals surface area contributed by atoms with E-state index in [0.29, 0.717) is 6.61 Å². The predicted octanol–water partition coefficient (Wildman–Crippen LogP) is 0.517. The minimum Gasteiger partial charge on any atom is -1.00 e. The Morgan fingerprint density at radius 1 is 2.00 bits per heavy atom. The maximum Gasteiger partial charge on any atom is 2.00 e. The maximum absolute atomic E-state index is 9.53. The molecule has 0 amide bonds. The summed E-state index contributed by atoms with van der Waals surface area (Å²) in [6.45, 7) is 1.95. The maximum atomic E-state index is 9.53. The van der Waals surface area contributed by atoms with E-state index in [9.17, 15) is 4.57 Å². The smallest absolute Gasteiger partial charge is 1.00 e.